The van der Waals surface area contributed by atoms with E-state index >= 15 is 0 Å². The van der Waals surface area contributed by atoms with Crippen LogP contribution in [0.5, 0.6) is 0 Å². The van der Waals surface area contributed by atoms with Crippen LogP contribution in [0.1, 0.15) is 36.6 Å². The third-order valence-electron chi connectivity index (χ3n) is 5.15. The van der Waals surface area contributed by atoms with E-state index in [4.69, 9.17) is 4.42 Å². The monoisotopic (exact) mass is 327 g/mol. The molecular formula is C23H21NO. The first-order valence-electron chi connectivity index (χ1n) is 9.00. The summed E-state index contributed by atoms with van der Waals surface area (Å²) < 4.78 is 6.51. The topological polar surface area (TPSA) is 16.4 Å². The minimum absolute atomic E-state index is 0.211. The molecule has 0 saturated carbocycles. The van der Waals surface area contributed by atoms with Crippen LogP contribution < -0.4 is 0 Å². The molecule has 1 atom stereocenters. The minimum atomic E-state index is 0.211. The first-order chi connectivity index (χ1) is 12.2. The smallest absolute Gasteiger partial charge is 0.141 e. The summed E-state index contributed by atoms with van der Waals surface area (Å²) >= 11 is 0. The predicted octanol–water partition coefficient (Wildman–Crippen LogP) is 6.20. The second-order valence-electron chi connectivity index (χ2n) is 7.37. The van der Waals surface area contributed by atoms with E-state index in [2.05, 4.69) is 85.8 Å². The van der Waals surface area contributed by atoms with E-state index in [1.54, 1.807) is 0 Å². The summed E-state index contributed by atoms with van der Waals surface area (Å²) in [5, 5.41) is 2.45. The fourth-order valence-corrected chi connectivity index (χ4v) is 4.07. The highest BCUT2D eigenvalue weighted by atomic mass is 16.3. The van der Waals surface area contributed by atoms with Crippen molar-refractivity contribution in [3.05, 3.63) is 77.7 Å². The molecule has 2 heteroatoms. The lowest BCUT2D eigenvalue weighted by atomic mass is 9.92. The summed E-state index contributed by atoms with van der Waals surface area (Å²) in [5.74, 6) is 0.609. The van der Waals surface area contributed by atoms with E-state index in [1.165, 1.54) is 27.5 Å². The van der Waals surface area contributed by atoms with Crippen molar-refractivity contribution in [2.75, 3.05) is 0 Å². The van der Waals surface area contributed by atoms with Gasteiger partial charge in [0.2, 0.25) is 0 Å². The van der Waals surface area contributed by atoms with Crippen LogP contribution in [0.4, 0.5) is 0 Å². The van der Waals surface area contributed by atoms with Gasteiger partial charge in [0.25, 0.3) is 0 Å². The second kappa shape index (κ2) is 5.38. The maximum absolute atomic E-state index is 6.51. The number of nitrogens with zero attached hydrogens (tertiary/aromatic N) is 1. The van der Waals surface area contributed by atoms with E-state index in [0.717, 1.165) is 17.6 Å². The first-order valence-corrected chi connectivity index (χ1v) is 9.00. The van der Waals surface area contributed by atoms with Crippen molar-refractivity contribution in [2.45, 2.75) is 26.3 Å². The molecule has 2 aliphatic rings. The quantitative estimate of drug-likeness (QED) is 0.557. The summed E-state index contributed by atoms with van der Waals surface area (Å²) in [6.45, 7) is 4.51. The molecule has 0 saturated heterocycles. The van der Waals surface area contributed by atoms with Gasteiger partial charge in [0.15, 0.2) is 0 Å². The van der Waals surface area contributed by atoms with Crippen LogP contribution in [-0.2, 0) is 6.42 Å². The van der Waals surface area contributed by atoms with Crippen LogP contribution in [-0.4, -0.2) is 4.90 Å². The summed E-state index contributed by atoms with van der Waals surface area (Å²) in [4.78, 5) is 2.24. The van der Waals surface area contributed by atoms with Crippen molar-refractivity contribution in [3.8, 4) is 0 Å². The van der Waals surface area contributed by atoms with Crippen LogP contribution in [0.25, 0.3) is 28.0 Å². The molecule has 3 heterocycles. The third-order valence-corrected chi connectivity index (χ3v) is 5.15. The molecule has 124 valence electrons. The van der Waals surface area contributed by atoms with Crippen LogP contribution >= 0.6 is 0 Å². The van der Waals surface area contributed by atoms with Gasteiger partial charge in [-0.05, 0) is 41.7 Å². The lowest BCUT2D eigenvalue weighted by Crippen LogP contribution is -2.21. The number of fused-ring (bicyclic) bond motifs is 7. The fraction of sp³-hybridized carbons (Fsp3) is 0.217. The van der Waals surface area contributed by atoms with Gasteiger partial charge in [-0.25, -0.2) is 0 Å². The molecule has 25 heavy (non-hydrogen) atoms. The van der Waals surface area contributed by atoms with Crippen molar-refractivity contribution in [2.24, 2.45) is 5.92 Å². The molecule has 3 aromatic rings. The van der Waals surface area contributed by atoms with Crippen LogP contribution in [0.15, 0.2) is 65.4 Å². The maximum Gasteiger partial charge on any atom is 0.141 e. The highest BCUT2D eigenvalue weighted by Crippen LogP contribution is 2.42. The summed E-state index contributed by atoms with van der Waals surface area (Å²) in [5.41, 5.74) is 5.91. The highest BCUT2D eigenvalue weighted by Gasteiger charge is 2.26. The van der Waals surface area contributed by atoms with Gasteiger partial charge in [0, 0.05) is 28.7 Å². The predicted molar refractivity (Wildman–Crippen MR) is 104 cm³/mol. The second-order valence-corrected chi connectivity index (χ2v) is 7.37. The molecule has 2 aliphatic heterocycles. The Balaban J connectivity index is 1.81. The van der Waals surface area contributed by atoms with Crippen molar-refractivity contribution in [3.63, 3.8) is 0 Å². The van der Waals surface area contributed by atoms with Crippen LogP contribution in [0.2, 0.25) is 0 Å². The molecular weight excluding hydrogens is 306 g/mol. The molecule has 2 nitrogen and oxygen atoms in total. The number of hydrogen-bond donors (Lipinski definition) is 0. The van der Waals surface area contributed by atoms with E-state index in [0.29, 0.717) is 5.92 Å². The Hall–Kier alpha value is -2.74. The molecule has 0 fully saturated rings. The van der Waals surface area contributed by atoms with Crippen molar-refractivity contribution in [1.29, 1.82) is 0 Å². The summed E-state index contributed by atoms with van der Waals surface area (Å²) in [7, 11) is 0. The Labute approximate surface area is 147 Å². The molecule has 0 amide bonds. The van der Waals surface area contributed by atoms with Gasteiger partial charge in [-0.3, -0.25) is 0 Å². The fourth-order valence-electron chi connectivity index (χ4n) is 4.07. The zero-order chi connectivity index (χ0) is 17.0. The molecule has 0 aliphatic carbocycles. The van der Waals surface area contributed by atoms with Gasteiger partial charge in [-0.15, -0.1) is 0 Å². The van der Waals surface area contributed by atoms with E-state index in [-0.39, 0.29) is 6.04 Å². The summed E-state index contributed by atoms with van der Waals surface area (Å²) in [6, 6.07) is 11.2. The normalized spacial score (nSPS) is 18.4. The Morgan fingerprint density at radius 2 is 1.88 bits per heavy atom. The van der Waals surface area contributed by atoms with Gasteiger partial charge in [-0.2, -0.15) is 0 Å². The van der Waals surface area contributed by atoms with Gasteiger partial charge >= 0.3 is 0 Å². The van der Waals surface area contributed by atoms with Crippen molar-refractivity contribution in [1.82, 2.24) is 4.90 Å². The Morgan fingerprint density at radius 1 is 1.00 bits per heavy atom. The lowest BCUT2D eigenvalue weighted by Gasteiger charge is -2.31. The average Bonchev–Trinajstić information content (AvgIpc) is 3.01. The first kappa shape index (κ1) is 14.6. The maximum atomic E-state index is 6.51. The molecule has 2 aromatic carbocycles. The highest BCUT2D eigenvalue weighted by molar-refractivity contribution is 6.08. The van der Waals surface area contributed by atoms with Gasteiger partial charge in [0.05, 0.1) is 6.04 Å². The Morgan fingerprint density at radius 3 is 2.76 bits per heavy atom. The van der Waals surface area contributed by atoms with Crippen LogP contribution in [0.3, 0.4) is 0 Å². The Kier molecular flexibility index (Phi) is 3.14. The van der Waals surface area contributed by atoms with Crippen LogP contribution in [0, 0.1) is 5.92 Å². The molecule has 0 N–H and O–H groups in total. The number of benzene rings is 2. The zero-order valence-corrected chi connectivity index (χ0v) is 14.6. The molecule has 0 radical (unpaired) electrons. The number of para-hydroxylation sites is 1. The average molecular weight is 327 g/mol. The lowest BCUT2D eigenvalue weighted by molar-refractivity contribution is 0.428. The van der Waals surface area contributed by atoms with Gasteiger partial charge < -0.3 is 9.32 Å². The molecule has 1 aromatic heterocycles. The number of furan rings is 1. The molecule has 0 spiro atoms. The standard InChI is InChI=1S/C23H21NO/c1-15(2)14-17-6-5-7-18-19-10-9-16-11-13-24-12-4-3-8-20(24)21(16)23(19)25-22(17)18/h3-13,15,20H,14H2,1-2H3. The zero-order valence-electron chi connectivity index (χ0n) is 14.6. The van der Waals surface area contributed by atoms with E-state index in [1.807, 2.05) is 0 Å². The largest absolute Gasteiger partial charge is 0.455 e. The summed E-state index contributed by atoms with van der Waals surface area (Å²) in [6.07, 6.45) is 13.9. The number of allylic oxidation sites excluding steroid dienone is 2. The van der Waals surface area contributed by atoms with E-state index in [9.17, 15) is 0 Å². The molecule has 1 unspecified atom stereocenters. The minimum Gasteiger partial charge on any atom is -0.455 e. The van der Waals surface area contributed by atoms with Gasteiger partial charge in [0.1, 0.15) is 11.2 Å². The SMILES string of the molecule is CC(C)Cc1cccc2c1oc1c3c(ccc12)C=CN1C=CC=CC31. The van der Waals surface area contributed by atoms with Crippen molar-refractivity contribution >= 4 is 28.0 Å². The van der Waals surface area contributed by atoms with E-state index < -0.39 is 0 Å². The number of hydrogen-bond acceptors (Lipinski definition) is 2. The number of rotatable bonds is 2. The Bertz CT molecular complexity index is 1060. The molecule has 5 rings (SSSR count). The van der Waals surface area contributed by atoms with Crippen molar-refractivity contribution < 1.29 is 4.42 Å². The van der Waals surface area contributed by atoms with Gasteiger partial charge in [-0.1, -0.05) is 50.3 Å². The third kappa shape index (κ3) is 2.17. The molecule has 0 bridgehead atoms.